The second-order valence-electron chi connectivity index (χ2n) is 8.32. The minimum atomic E-state index is -1.13. The molecule has 1 atom stereocenters. The molecule has 33 heavy (non-hydrogen) atoms. The van der Waals surface area contributed by atoms with Gasteiger partial charge in [-0.2, -0.15) is 0 Å². The Morgan fingerprint density at radius 2 is 1.64 bits per heavy atom. The van der Waals surface area contributed by atoms with E-state index in [2.05, 4.69) is 11.4 Å². The summed E-state index contributed by atoms with van der Waals surface area (Å²) < 4.78 is 18.5. The van der Waals surface area contributed by atoms with E-state index in [1.54, 1.807) is 19.1 Å². The normalized spacial score (nSPS) is 16.8. The third kappa shape index (κ3) is 5.25. The van der Waals surface area contributed by atoms with Gasteiger partial charge in [-0.1, -0.05) is 54.1 Å². The number of ether oxygens (including phenoxy) is 1. The number of benzene rings is 3. The average Bonchev–Trinajstić information content (AvgIpc) is 3.18. The summed E-state index contributed by atoms with van der Waals surface area (Å²) in [6, 6.07) is 19.7. The Morgan fingerprint density at radius 3 is 2.33 bits per heavy atom. The van der Waals surface area contributed by atoms with Crippen LogP contribution in [-0.4, -0.2) is 24.0 Å². The van der Waals surface area contributed by atoms with Crippen molar-refractivity contribution in [1.82, 2.24) is 5.32 Å². The lowest BCUT2D eigenvalue weighted by Crippen LogP contribution is -2.56. The number of aryl methyl sites for hydroxylation is 1. The summed E-state index contributed by atoms with van der Waals surface area (Å²) in [5.41, 5.74) is 3.80. The fourth-order valence-electron chi connectivity index (χ4n) is 4.29. The molecule has 0 radical (unpaired) electrons. The number of carbonyl (C=O) groups excluding carboxylic acids is 2. The Kier molecular flexibility index (Phi) is 6.80. The summed E-state index contributed by atoms with van der Waals surface area (Å²) in [7, 11) is 0. The molecule has 3 aromatic carbocycles. The van der Waals surface area contributed by atoms with E-state index >= 15 is 0 Å². The lowest BCUT2D eigenvalue weighted by atomic mass is 9.95. The number of nitrogens with one attached hydrogen (secondary N) is 1. The molecule has 0 fully saturated rings. The van der Waals surface area contributed by atoms with Crippen molar-refractivity contribution >= 4 is 23.5 Å². The molecule has 0 heterocycles. The zero-order valence-electron chi connectivity index (χ0n) is 18.4. The zero-order valence-corrected chi connectivity index (χ0v) is 19.1. The molecule has 0 aromatic heterocycles. The molecule has 170 valence electrons. The number of hydrogen-bond donors (Lipinski definition) is 1. The molecule has 0 spiro atoms. The molecule has 6 heteroatoms. The Bertz CT molecular complexity index is 1160. The van der Waals surface area contributed by atoms with Crippen LogP contribution in [0.4, 0.5) is 4.39 Å². The maximum atomic E-state index is 13.1. The smallest absolute Gasteiger partial charge is 0.332 e. The maximum absolute atomic E-state index is 13.1. The summed E-state index contributed by atoms with van der Waals surface area (Å²) in [4.78, 5) is 25.8. The molecule has 1 unspecified atom stereocenters. The van der Waals surface area contributed by atoms with E-state index in [0.717, 1.165) is 27.8 Å². The first-order chi connectivity index (χ1) is 15.9. The maximum Gasteiger partial charge on any atom is 0.332 e. The molecule has 1 aliphatic carbocycles. The highest BCUT2D eigenvalue weighted by atomic mass is 35.5. The number of halogens is 2. The fourth-order valence-corrected chi connectivity index (χ4v) is 4.41. The number of fused-ring (bicyclic) bond motifs is 1. The van der Waals surface area contributed by atoms with Crippen molar-refractivity contribution in [2.24, 2.45) is 0 Å². The predicted octanol–water partition coefficient (Wildman–Crippen LogP) is 5.30. The molecular formula is C27H25ClFNO3. The van der Waals surface area contributed by atoms with Crippen LogP contribution in [0.1, 0.15) is 30.0 Å². The SMILES string of the molecule is CCOC(=O)C1(NC(=O)CCc2ccc(F)cc2)Cc2ccc(-c3ccc(Cl)cc3)cc2C1. The molecule has 4 rings (SSSR count). The van der Waals surface area contributed by atoms with Gasteiger partial charge in [0.2, 0.25) is 5.91 Å². The largest absolute Gasteiger partial charge is 0.464 e. The van der Waals surface area contributed by atoms with Crippen LogP contribution >= 0.6 is 11.6 Å². The summed E-state index contributed by atoms with van der Waals surface area (Å²) in [6.45, 7) is 1.99. The number of esters is 1. The van der Waals surface area contributed by atoms with Gasteiger partial charge in [0.15, 0.2) is 0 Å². The van der Waals surface area contributed by atoms with E-state index in [9.17, 15) is 14.0 Å². The van der Waals surface area contributed by atoms with Crippen LogP contribution in [0.25, 0.3) is 11.1 Å². The van der Waals surface area contributed by atoms with Gasteiger partial charge in [-0.3, -0.25) is 4.79 Å². The van der Waals surface area contributed by atoms with Gasteiger partial charge in [-0.05, 0) is 65.4 Å². The first-order valence-corrected chi connectivity index (χ1v) is 11.4. The summed E-state index contributed by atoms with van der Waals surface area (Å²) in [6.07, 6.45) is 1.40. The Morgan fingerprint density at radius 1 is 0.970 bits per heavy atom. The highest BCUT2D eigenvalue weighted by molar-refractivity contribution is 6.30. The fraction of sp³-hybridized carbons (Fsp3) is 0.259. The van der Waals surface area contributed by atoms with Crippen LogP contribution in [0, 0.1) is 5.82 Å². The van der Waals surface area contributed by atoms with Gasteiger partial charge in [-0.25, -0.2) is 9.18 Å². The summed E-state index contributed by atoms with van der Waals surface area (Å²) in [5, 5.41) is 3.64. The zero-order chi connectivity index (χ0) is 23.4. The van der Waals surface area contributed by atoms with Crippen molar-refractivity contribution in [3.05, 3.63) is 94.3 Å². The molecule has 0 aliphatic heterocycles. The predicted molar refractivity (Wildman–Crippen MR) is 127 cm³/mol. The van der Waals surface area contributed by atoms with Gasteiger partial charge in [0.25, 0.3) is 0 Å². The van der Waals surface area contributed by atoms with Crippen molar-refractivity contribution in [3.8, 4) is 11.1 Å². The third-order valence-corrected chi connectivity index (χ3v) is 6.22. The monoisotopic (exact) mass is 465 g/mol. The number of amides is 1. The van der Waals surface area contributed by atoms with Crippen LogP contribution in [0.5, 0.6) is 0 Å². The standard InChI is InChI=1S/C27H25ClFNO3/c1-2-33-26(32)27(30-25(31)14-5-18-3-12-24(29)13-4-18)16-21-7-6-20(15-22(21)17-27)19-8-10-23(28)11-9-19/h3-4,6-13,15H,2,5,14,16-17H2,1H3,(H,30,31). The van der Waals surface area contributed by atoms with Gasteiger partial charge in [0.05, 0.1) is 6.61 Å². The van der Waals surface area contributed by atoms with E-state index < -0.39 is 11.5 Å². The van der Waals surface area contributed by atoms with Gasteiger partial charge in [0, 0.05) is 24.3 Å². The second kappa shape index (κ2) is 9.75. The van der Waals surface area contributed by atoms with Gasteiger partial charge in [-0.15, -0.1) is 0 Å². The van der Waals surface area contributed by atoms with E-state index in [-0.39, 0.29) is 24.8 Å². The molecule has 0 bridgehead atoms. The van der Waals surface area contributed by atoms with Crippen molar-refractivity contribution in [2.45, 2.75) is 38.1 Å². The van der Waals surface area contributed by atoms with Crippen LogP contribution in [0.3, 0.4) is 0 Å². The van der Waals surface area contributed by atoms with E-state index in [1.807, 2.05) is 36.4 Å². The summed E-state index contributed by atoms with van der Waals surface area (Å²) >= 11 is 6.01. The lowest BCUT2D eigenvalue weighted by molar-refractivity contribution is -0.153. The molecule has 1 N–H and O–H groups in total. The highest BCUT2D eigenvalue weighted by Gasteiger charge is 2.46. The third-order valence-electron chi connectivity index (χ3n) is 5.97. The number of hydrogen-bond acceptors (Lipinski definition) is 3. The number of carbonyl (C=O) groups is 2. The van der Waals surface area contributed by atoms with Gasteiger partial charge >= 0.3 is 5.97 Å². The second-order valence-corrected chi connectivity index (χ2v) is 8.76. The van der Waals surface area contributed by atoms with E-state index in [1.165, 1.54) is 12.1 Å². The van der Waals surface area contributed by atoms with E-state index in [0.29, 0.717) is 24.3 Å². The minimum Gasteiger partial charge on any atom is -0.464 e. The van der Waals surface area contributed by atoms with Gasteiger partial charge in [0.1, 0.15) is 11.4 Å². The highest BCUT2D eigenvalue weighted by Crippen LogP contribution is 2.35. The van der Waals surface area contributed by atoms with Gasteiger partial charge < -0.3 is 10.1 Å². The molecular weight excluding hydrogens is 441 g/mol. The minimum absolute atomic E-state index is 0.194. The van der Waals surface area contributed by atoms with Crippen LogP contribution in [0.15, 0.2) is 66.7 Å². The molecule has 3 aromatic rings. The molecule has 1 amide bonds. The Hall–Kier alpha value is -3.18. The Labute approximate surface area is 197 Å². The van der Waals surface area contributed by atoms with Crippen molar-refractivity contribution < 1.29 is 18.7 Å². The van der Waals surface area contributed by atoms with Crippen LogP contribution in [-0.2, 0) is 33.6 Å². The molecule has 0 saturated heterocycles. The van der Waals surface area contributed by atoms with Crippen LogP contribution < -0.4 is 5.32 Å². The first-order valence-electron chi connectivity index (χ1n) is 11.0. The van der Waals surface area contributed by atoms with Crippen molar-refractivity contribution in [1.29, 1.82) is 0 Å². The molecule has 0 saturated carbocycles. The van der Waals surface area contributed by atoms with Crippen molar-refractivity contribution in [3.63, 3.8) is 0 Å². The van der Waals surface area contributed by atoms with Crippen molar-refractivity contribution in [2.75, 3.05) is 6.61 Å². The molecule has 4 nitrogen and oxygen atoms in total. The topological polar surface area (TPSA) is 55.4 Å². The quantitative estimate of drug-likeness (QED) is 0.482. The van der Waals surface area contributed by atoms with E-state index in [4.69, 9.17) is 16.3 Å². The first kappa shape index (κ1) is 23.0. The molecule has 1 aliphatic rings. The van der Waals surface area contributed by atoms with Crippen LogP contribution in [0.2, 0.25) is 5.02 Å². The number of rotatable bonds is 7. The summed E-state index contributed by atoms with van der Waals surface area (Å²) in [5.74, 6) is -0.978. The lowest BCUT2D eigenvalue weighted by Gasteiger charge is -2.28. The Balaban J connectivity index is 1.52. The average molecular weight is 466 g/mol.